The Balaban J connectivity index is 2.21. The molecule has 0 aliphatic carbocycles. The maximum atomic E-state index is 5.19. The van der Waals surface area contributed by atoms with Crippen LogP contribution in [0.15, 0.2) is 24.3 Å². The van der Waals surface area contributed by atoms with Crippen LogP contribution in [0, 0.1) is 13.8 Å². The number of aryl methyl sites for hydroxylation is 2. The third kappa shape index (κ3) is 3.45. The van der Waals surface area contributed by atoms with E-state index in [9.17, 15) is 0 Å². The molecule has 0 spiro atoms. The van der Waals surface area contributed by atoms with Crippen molar-refractivity contribution in [3.05, 3.63) is 46.8 Å². The topological polar surface area (TPSA) is 39.1 Å². The van der Waals surface area contributed by atoms with Gasteiger partial charge >= 0.3 is 0 Å². The van der Waals surface area contributed by atoms with Crippen LogP contribution in [0.4, 0.5) is 5.69 Å². The van der Waals surface area contributed by atoms with Crippen LogP contribution in [-0.4, -0.2) is 23.5 Å². The minimum atomic E-state index is 0.224. The maximum absolute atomic E-state index is 5.19. The molecule has 2 aromatic rings. The molecule has 114 valence electrons. The van der Waals surface area contributed by atoms with E-state index in [0.717, 1.165) is 18.7 Å². The summed E-state index contributed by atoms with van der Waals surface area (Å²) in [4.78, 5) is 0. The van der Waals surface area contributed by atoms with E-state index in [1.165, 1.54) is 22.5 Å². The fourth-order valence-corrected chi connectivity index (χ4v) is 2.81. The van der Waals surface area contributed by atoms with E-state index < -0.39 is 0 Å². The summed E-state index contributed by atoms with van der Waals surface area (Å²) in [6.07, 6.45) is 0.914. The van der Waals surface area contributed by atoms with Crippen molar-refractivity contribution in [3.8, 4) is 0 Å². The molecule has 1 atom stereocenters. The van der Waals surface area contributed by atoms with E-state index in [1.807, 2.05) is 11.7 Å². The second-order valence-corrected chi connectivity index (χ2v) is 5.47. The quantitative estimate of drug-likeness (QED) is 0.885. The van der Waals surface area contributed by atoms with Crippen molar-refractivity contribution >= 4 is 5.69 Å². The van der Waals surface area contributed by atoms with Crippen LogP contribution in [0.3, 0.4) is 0 Å². The van der Waals surface area contributed by atoms with Crippen molar-refractivity contribution in [3.63, 3.8) is 0 Å². The smallest absolute Gasteiger partial charge is 0.0649 e. The number of rotatable bonds is 6. The normalized spacial score (nSPS) is 12.4. The lowest BCUT2D eigenvalue weighted by molar-refractivity contribution is 0.202. The molecule has 0 saturated carbocycles. The van der Waals surface area contributed by atoms with Gasteiger partial charge in [-0.3, -0.25) is 4.68 Å². The highest BCUT2D eigenvalue weighted by Gasteiger charge is 2.16. The molecule has 1 heterocycles. The zero-order valence-electron chi connectivity index (χ0n) is 13.6. The van der Waals surface area contributed by atoms with Gasteiger partial charge in [0.2, 0.25) is 0 Å². The number of ether oxygens (including phenoxy) is 1. The number of methoxy groups -OCH3 is 1. The van der Waals surface area contributed by atoms with Gasteiger partial charge in [-0.1, -0.05) is 18.2 Å². The average molecular weight is 287 g/mol. The van der Waals surface area contributed by atoms with Crippen molar-refractivity contribution in [1.29, 1.82) is 0 Å². The molecular weight excluding hydrogens is 262 g/mol. The number of aromatic nitrogens is 2. The van der Waals surface area contributed by atoms with E-state index in [-0.39, 0.29) is 6.04 Å². The summed E-state index contributed by atoms with van der Waals surface area (Å²) in [5, 5.41) is 8.12. The summed E-state index contributed by atoms with van der Waals surface area (Å²) in [7, 11) is 3.73. The van der Waals surface area contributed by atoms with Gasteiger partial charge in [-0.2, -0.15) is 5.10 Å². The molecule has 0 fully saturated rings. The predicted octanol–water partition coefficient (Wildman–Crippen LogP) is 3.40. The lowest BCUT2D eigenvalue weighted by Crippen LogP contribution is -2.11. The molecule has 0 saturated heterocycles. The maximum Gasteiger partial charge on any atom is 0.0649 e. The lowest BCUT2D eigenvalue weighted by atomic mass is 10.0. The van der Waals surface area contributed by atoms with Gasteiger partial charge in [0.1, 0.15) is 0 Å². The van der Waals surface area contributed by atoms with E-state index in [2.05, 4.69) is 55.5 Å². The zero-order valence-corrected chi connectivity index (χ0v) is 13.6. The second kappa shape index (κ2) is 6.76. The molecule has 0 amide bonds. The highest BCUT2D eigenvalue weighted by Crippen LogP contribution is 2.26. The fourth-order valence-electron chi connectivity index (χ4n) is 2.81. The summed E-state index contributed by atoms with van der Waals surface area (Å²) in [6.45, 7) is 7.10. The molecule has 1 aromatic heterocycles. The van der Waals surface area contributed by atoms with Crippen LogP contribution in [0.2, 0.25) is 0 Å². The highest BCUT2D eigenvalue weighted by atomic mass is 16.5. The summed E-state index contributed by atoms with van der Waals surface area (Å²) < 4.78 is 7.13. The summed E-state index contributed by atoms with van der Waals surface area (Å²) in [5.41, 5.74) is 6.03. The largest absolute Gasteiger partial charge is 0.384 e. The third-order valence-electron chi connectivity index (χ3n) is 3.96. The first-order valence-electron chi connectivity index (χ1n) is 7.38. The molecule has 1 N–H and O–H groups in total. The van der Waals surface area contributed by atoms with Gasteiger partial charge in [0.25, 0.3) is 0 Å². The Hall–Kier alpha value is -1.81. The van der Waals surface area contributed by atoms with Crippen molar-refractivity contribution < 1.29 is 4.74 Å². The monoisotopic (exact) mass is 287 g/mol. The van der Waals surface area contributed by atoms with Crippen molar-refractivity contribution in [2.75, 3.05) is 19.0 Å². The molecule has 0 bridgehead atoms. The van der Waals surface area contributed by atoms with Crippen LogP contribution in [0.5, 0.6) is 0 Å². The lowest BCUT2D eigenvalue weighted by Gasteiger charge is -2.19. The molecule has 0 aliphatic heterocycles. The number of hydrogen-bond acceptors (Lipinski definition) is 3. The van der Waals surface area contributed by atoms with Crippen LogP contribution < -0.4 is 5.32 Å². The van der Waals surface area contributed by atoms with Gasteiger partial charge in [-0.05, 0) is 38.8 Å². The number of nitrogens with one attached hydrogen (secondary N) is 1. The average Bonchev–Trinajstić information content (AvgIpc) is 2.71. The highest BCUT2D eigenvalue weighted by molar-refractivity contribution is 5.53. The van der Waals surface area contributed by atoms with Crippen molar-refractivity contribution in [2.24, 2.45) is 7.05 Å². The van der Waals surface area contributed by atoms with Gasteiger partial charge in [0, 0.05) is 31.1 Å². The molecule has 2 rings (SSSR count). The number of benzene rings is 1. The number of nitrogens with zero attached hydrogens (tertiary/aromatic N) is 2. The standard InChI is InChI=1S/C17H25N3O/c1-12(17-13(2)19-20(4)14(17)3)18-16-9-7-6-8-15(16)10-11-21-5/h6-9,12,18H,10-11H2,1-5H3. The van der Waals surface area contributed by atoms with Crippen LogP contribution in [0.25, 0.3) is 0 Å². The van der Waals surface area contributed by atoms with Crippen molar-refractivity contribution in [2.45, 2.75) is 33.2 Å². The Morgan fingerprint density at radius 3 is 2.62 bits per heavy atom. The minimum Gasteiger partial charge on any atom is -0.384 e. The van der Waals surface area contributed by atoms with Crippen LogP contribution in [-0.2, 0) is 18.2 Å². The number of anilines is 1. The Labute approximate surface area is 127 Å². The van der Waals surface area contributed by atoms with Gasteiger partial charge in [-0.25, -0.2) is 0 Å². The summed E-state index contributed by atoms with van der Waals surface area (Å²) in [6, 6.07) is 8.64. The Morgan fingerprint density at radius 2 is 2.00 bits per heavy atom. The molecule has 0 aliphatic rings. The fraction of sp³-hybridized carbons (Fsp3) is 0.471. The summed E-state index contributed by atoms with van der Waals surface area (Å²) in [5.74, 6) is 0. The second-order valence-electron chi connectivity index (χ2n) is 5.47. The predicted molar refractivity (Wildman–Crippen MR) is 86.7 cm³/mol. The number of hydrogen-bond donors (Lipinski definition) is 1. The molecule has 1 aromatic carbocycles. The van der Waals surface area contributed by atoms with Gasteiger partial charge in [0.05, 0.1) is 18.3 Å². The molecule has 21 heavy (non-hydrogen) atoms. The van der Waals surface area contributed by atoms with E-state index in [1.54, 1.807) is 7.11 Å². The van der Waals surface area contributed by atoms with Crippen LogP contribution in [0.1, 0.15) is 35.5 Å². The SMILES string of the molecule is COCCc1ccccc1NC(C)c1c(C)nn(C)c1C. The Bertz CT molecular complexity index is 604. The first kappa shape index (κ1) is 15.6. The third-order valence-corrected chi connectivity index (χ3v) is 3.96. The Kier molecular flexibility index (Phi) is 5.02. The first-order valence-corrected chi connectivity index (χ1v) is 7.38. The van der Waals surface area contributed by atoms with Gasteiger partial charge < -0.3 is 10.1 Å². The molecule has 4 nitrogen and oxygen atoms in total. The first-order chi connectivity index (χ1) is 10.0. The zero-order chi connectivity index (χ0) is 15.4. The van der Waals surface area contributed by atoms with E-state index in [4.69, 9.17) is 4.74 Å². The molecule has 1 unspecified atom stereocenters. The van der Waals surface area contributed by atoms with E-state index >= 15 is 0 Å². The van der Waals surface area contributed by atoms with Gasteiger partial charge in [0.15, 0.2) is 0 Å². The molecule has 0 radical (unpaired) electrons. The van der Waals surface area contributed by atoms with Gasteiger partial charge in [-0.15, -0.1) is 0 Å². The Morgan fingerprint density at radius 1 is 1.29 bits per heavy atom. The summed E-state index contributed by atoms with van der Waals surface area (Å²) >= 11 is 0. The number of para-hydroxylation sites is 1. The van der Waals surface area contributed by atoms with Crippen molar-refractivity contribution in [1.82, 2.24) is 9.78 Å². The minimum absolute atomic E-state index is 0.224. The van der Waals surface area contributed by atoms with E-state index in [0.29, 0.717) is 0 Å². The molecular formula is C17H25N3O. The molecule has 4 heteroatoms. The van der Waals surface area contributed by atoms with Crippen LogP contribution >= 0.6 is 0 Å².